The molecule has 0 aliphatic heterocycles. The van der Waals surface area contributed by atoms with Crippen molar-refractivity contribution in [2.75, 3.05) is 17.2 Å². The molecule has 0 saturated heterocycles. The first-order chi connectivity index (χ1) is 13.0. The summed E-state index contributed by atoms with van der Waals surface area (Å²) in [5.74, 6) is -0.377. The van der Waals surface area contributed by atoms with Crippen molar-refractivity contribution in [3.63, 3.8) is 0 Å². The molecule has 3 rings (SSSR count). The molecule has 2 aromatic carbocycles. The third-order valence-corrected chi connectivity index (χ3v) is 4.89. The number of urea groups is 1. The fourth-order valence-corrected chi connectivity index (χ4v) is 3.03. The van der Waals surface area contributed by atoms with Gasteiger partial charge in [0.05, 0.1) is 10.7 Å². The molecule has 2 aromatic rings. The summed E-state index contributed by atoms with van der Waals surface area (Å²) in [5.41, 5.74) is 1.71. The van der Waals surface area contributed by atoms with E-state index in [4.69, 9.17) is 11.6 Å². The van der Waals surface area contributed by atoms with Gasteiger partial charge in [-0.2, -0.15) is 0 Å². The molecular formula is C20H22ClN3O3. The fourth-order valence-electron chi connectivity index (χ4n) is 2.81. The average Bonchev–Trinajstić information content (AvgIpc) is 2.58. The number of phenols is 1. The van der Waals surface area contributed by atoms with Crippen LogP contribution in [-0.2, 0) is 11.2 Å². The van der Waals surface area contributed by atoms with E-state index in [1.165, 1.54) is 12.1 Å². The molecule has 142 valence electrons. The van der Waals surface area contributed by atoms with Gasteiger partial charge in [-0.3, -0.25) is 4.79 Å². The summed E-state index contributed by atoms with van der Waals surface area (Å²) in [6, 6.07) is 12.4. The number of halogens is 1. The Bertz CT molecular complexity index is 823. The molecular weight excluding hydrogens is 366 g/mol. The minimum atomic E-state index is -0.385. The van der Waals surface area contributed by atoms with Gasteiger partial charge in [0, 0.05) is 18.2 Å². The van der Waals surface area contributed by atoms with E-state index in [0.717, 1.165) is 24.8 Å². The van der Waals surface area contributed by atoms with Crippen molar-refractivity contribution in [1.29, 1.82) is 0 Å². The molecule has 3 amide bonds. The Kier molecular flexibility index (Phi) is 6.19. The van der Waals surface area contributed by atoms with Crippen LogP contribution in [0.4, 0.5) is 16.2 Å². The Hall–Kier alpha value is -2.73. The molecule has 27 heavy (non-hydrogen) atoms. The zero-order chi connectivity index (χ0) is 19.2. The fraction of sp³-hybridized carbons (Fsp3) is 0.300. The van der Waals surface area contributed by atoms with Crippen molar-refractivity contribution in [2.45, 2.75) is 25.7 Å². The van der Waals surface area contributed by atoms with Crippen molar-refractivity contribution in [1.82, 2.24) is 5.32 Å². The lowest BCUT2D eigenvalue weighted by molar-refractivity contribution is -0.122. The van der Waals surface area contributed by atoms with Crippen LogP contribution in [0.2, 0.25) is 5.02 Å². The number of phenolic OH excluding ortho intramolecular Hbond substituents is 1. The number of carbonyl (C=O) groups is 2. The molecule has 1 aliphatic carbocycles. The number of aromatic hydroxyl groups is 1. The molecule has 4 N–H and O–H groups in total. The van der Waals surface area contributed by atoms with E-state index in [1.54, 1.807) is 0 Å². The highest BCUT2D eigenvalue weighted by molar-refractivity contribution is 6.33. The van der Waals surface area contributed by atoms with Crippen molar-refractivity contribution >= 4 is 34.9 Å². The van der Waals surface area contributed by atoms with Gasteiger partial charge in [-0.15, -0.1) is 0 Å². The maximum absolute atomic E-state index is 12.1. The number of hydrogen-bond donors (Lipinski definition) is 4. The Labute approximate surface area is 162 Å². The molecule has 1 fully saturated rings. The van der Waals surface area contributed by atoms with E-state index in [9.17, 15) is 14.7 Å². The summed E-state index contributed by atoms with van der Waals surface area (Å²) < 4.78 is 0. The maximum Gasteiger partial charge on any atom is 0.319 e. The van der Waals surface area contributed by atoms with Gasteiger partial charge in [-0.05, 0) is 37.0 Å². The van der Waals surface area contributed by atoms with Gasteiger partial charge in [0.2, 0.25) is 5.91 Å². The normalized spacial score (nSPS) is 13.5. The number of amides is 3. The molecule has 0 unspecified atom stereocenters. The standard InChI is InChI=1S/C20H22ClN3O3/c21-16-11-15(12-17(18(16)25)24-19(26)14-7-4-8-14)23-20(27)22-10-9-13-5-2-1-3-6-13/h1-3,5-6,11-12,14,25H,4,7-10H2,(H,24,26)(H2,22,23,27). The summed E-state index contributed by atoms with van der Waals surface area (Å²) in [6.07, 6.45) is 3.45. The van der Waals surface area contributed by atoms with Gasteiger partial charge < -0.3 is 21.1 Å². The van der Waals surface area contributed by atoms with Crippen LogP contribution in [0.25, 0.3) is 0 Å². The summed E-state index contributed by atoms with van der Waals surface area (Å²) in [7, 11) is 0. The summed E-state index contributed by atoms with van der Waals surface area (Å²) in [5, 5.41) is 18.3. The van der Waals surface area contributed by atoms with Crippen LogP contribution in [0, 0.1) is 5.92 Å². The quantitative estimate of drug-likeness (QED) is 0.443. The lowest BCUT2D eigenvalue weighted by atomic mass is 9.85. The van der Waals surface area contributed by atoms with E-state index in [-0.39, 0.29) is 34.3 Å². The lowest BCUT2D eigenvalue weighted by Crippen LogP contribution is -2.30. The zero-order valence-corrected chi connectivity index (χ0v) is 15.6. The lowest BCUT2D eigenvalue weighted by Gasteiger charge is -2.24. The minimum Gasteiger partial charge on any atom is -0.504 e. The topological polar surface area (TPSA) is 90.5 Å². The monoisotopic (exact) mass is 387 g/mol. The minimum absolute atomic E-state index is 0.0268. The van der Waals surface area contributed by atoms with Gasteiger partial charge in [-0.25, -0.2) is 4.79 Å². The Morgan fingerprint density at radius 1 is 1.11 bits per heavy atom. The highest BCUT2D eigenvalue weighted by atomic mass is 35.5. The Morgan fingerprint density at radius 3 is 2.52 bits per heavy atom. The van der Waals surface area contributed by atoms with Crippen molar-refractivity contribution in [2.24, 2.45) is 5.92 Å². The average molecular weight is 388 g/mol. The number of rotatable bonds is 6. The summed E-state index contributed by atoms with van der Waals surface area (Å²) >= 11 is 6.02. The van der Waals surface area contributed by atoms with Crippen molar-refractivity contribution in [3.05, 3.63) is 53.1 Å². The van der Waals surface area contributed by atoms with Crippen LogP contribution in [0.5, 0.6) is 5.75 Å². The Balaban J connectivity index is 1.57. The molecule has 1 saturated carbocycles. The molecule has 0 heterocycles. The van der Waals surface area contributed by atoms with Crippen LogP contribution in [0.15, 0.2) is 42.5 Å². The molecule has 7 heteroatoms. The largest absolute Gasteiger partial charge is 0.504 e. The van der Waals surface area contributed by atoms with Crippen LogP contribution in [0.3, 0.4) is 0 Å². The van der Waals surface area contributed by atoms with Gasteiger partial charge >= 0.3 is 6.03 Å². The summed E-state index contributed by atoms with van der Waals surface area (Å²) in [4.78, 5) is 24.2. The first kappa shape index (κ1) is 19.0. The molecule has 0 atom stereocenters. The molecule has 0 spiro atoms. The number of carbonyl (C=O) groups excluding carboxylic acids is 2. The van der Waals surface area contributed by atoms with Crippen LogP contribution < -0.4 is 16.0 Å². The van der Waals surface area contributed by atoms with Crippen LogP contribution in [-0.4, -0.2) is 23.6 Å². The predicted molar refractivity (Wildman–Crippen MR) is 106 cm³/mol. The summed E-state index contributed by atoms with van der Waals surface area (Å²) in [6.45, 7) is 0.479. The highest BCUT2D eigenvalue weighted by Gasteiger charge is 2.26. The molecule has 0 bridgehead atoms. The van der Waals surface area contributed by atoms with E-state index in [1.807, 2.05) is 30.3 Å². The first-order valence-corrected chi connectivity index (χ1v) is 9.33. The first-order valence-electron chi connectivity index (χ1n) is 8.95. The zero-order valence-electron chi connectivity index (χ0n) is 14.8. The van der Waals surface area contributed by atoms with Gasteiger partial charge in [0.25, 0.3) is 0 Å². The number of hydrogen-bond acceptors (Lipinski definition) is 3. The third kappa shape index (κ3) is 5.14. The SMILES string of the molecule is O=C(NCCc1ccccc1)Nc1cc(Cl)c(O)c(NC(=O)C2CCC2)c1. The van der Waals surface area contributed by atoms with Gasteiger partial charge in [0.15, 0.2) is 5.75 Å². The second-order valence-electron chi connectivity index (χ2n) is 6.59. The second kappa shape index (κ2) is 8.77. The van der Waals surface area contributed by atoms with E-state index >= 15 is 0 Å². The predicted octanol–water partition coefficient (Wildman–Crippen LogP) is 4.15. The molecule has 0 radical (unpaired) electrons. The molecule has 1 aliphatic rings. The maximum atomic E-state index is 12.1. The smallest absolute Gasteiger partial charge is 0.319 e. The van der Waals surface area contributed by atoms with Crippen LogP contribution >= 0.6 is 11.6 Å². The second-order valence-corrected chi connectivity index (χ2v) is 7.00. The van der Waals surface area contributed by atoms with Crippen LogP contribution in [0.1, 0.15) is 24.8 Å². The Morgan fingerprint density at radius 2 is 1.85 bits per heavy atom. The van der Waals surface area contributed by atoms with E-state index in [0.29, 0.717) is 18.7 Å². The van der Waals surface area contributed by atoms with Gasteiger partial charge in [-0.1, -0.05) is 48.4 Å². The number of nitrogens with one attached hydrogen (secondary N) is 3. The van der Waals surface area contributed by atoms with Crippen molar-refractivity contribution in [3.8, 4) is 5.75 Å². The van der Waals surface area contributed by atoms with Crippen molar-refractivity contribution < 1.29 is 14.7 Å². The van der Waals surface area contributed by atoms with E-state index < -0.39 is 0 Å². The number of benzene rings is 2. The van der Waals surface area contributed by atoms with E-state index in [2.05, 4.69) is 16.0 Å². The molecule has 0 aromatic heterocycles. The van der Waals surface area contributed by atoms with Gasteiger partial charge in [0.1, 0.15) is 0 Å². The highest BCUT2D eigenvalue weighted by Crippen LogP contribution is 2.36. The third-order valence-electron chi connectivity index (χ3n) is 4.60. The number of anilines is 2. The molecule has 6 nitrogen and oxygen atoms in total.